The Morgan fingerprint density at radius 3 is 3.13 bits per heavy atom. The molecule has 15 heavy (non-hydrogen) atoms. The fraction of sp³-hybridized carbons (Fsp3) is 0.111. The number of rotatable bonds is 3. The molecule has 0 saturated carbocycles. The van der Waals surface area contributed by atoms with Gasteiger partial charge in [-0.05, 0) is 12.1 Å². The SMILES string of the molecule is NNC(=O)c1ccc(Cn2ccnc2)o1. The Kier molecular flexibility index (Phi) is 2.51. The highest BCUT2D eigenvalue weighted by atomic mass is 16.4. The summed E-state index contributed by atoms with van der Waals surface area (Å²) in [7, 11) is 0. The van der Waals surface area contributed by atoms with Crippen LogP contribution in [-0.2, 0) is 6.54 Å². The van der Waals surface area contributed by atoms with Crippen LogP contribution in [0.15, 0.2) is 35.3 Å². The Morgan fingerprint density at radius 2 is 2.47 bits per heavy atom. The minimum atomic E-state index is -0.438. The molecular formula is C9H10N4O2. The largest absolute Gasteiger partial charge is 0.454 e. The van der Waals surface area contributed by atoms with E-state index in [9.17, 15) is 4.79 Å². The molecule has 6 nitrogen and oxygen atoms in total. The summed E-state index contributed by atoms with van der Waals surface area (Å²) < 4.78 is 7.11. The van der Waals surface area contributed by atoms with Crippen molar-refractivity contribution in [3.63, 3.8) is 0 Å². The lowest BCUT2D eigenvalue weighted by Gasteiger charge is -1.97. The second kappa shape index (κ2) is 3.97. The maximum atomic E-state index is 11.1. The number of carbonyl (C=O) groups is 1. The smallest absolute Gasteiger partial charge is 0.300 e. The standard InChI is InChI=1S/C9H10N4O2/c10-12-9(14)8-2-1-7(15-8)5-13-4-3-11-6-13/h1-4,6H,5,10H2,(H,12,14). The van der Waals surface area contributed by atoms with Crippen LogP contribution in [0.2, 0.25) is 0 Å². The van der Waals surface area contributed by atoms with Crippen LogP contribution < -0.4 is 11.3 Å². The van der Waals surface area contributed by atoms with Crippen molar-refractivity contribution in [2.75, 3.05) is 0 Å². The molecule has 6 heteroatoms. The summed E-state index contributed by atoms with van der Waals surface area (Å²) in [6.45, 7) is 0.540. The highest BCUT2D eigenvalue weighted by Crippen LogP contribution is 2.09. The van der Waals surface area contributed by atoms with Crippen molar-refractivity contribution in [2.45, 2.75) is 6.54 Å². The summed E-state index contributed by atoms with van der Waals surface area (Å²) >= 11 is 0. The molecule has 0 bridgehead atoms. The molecule has 0 spiro atoms. The first-order chi connectivity index (χ1) is 7.29. The van der Waals surface area contributed by atoms with Gasteiger partial charge in [0, 0.05) is 12.4 Å². The Bertz CT molecular complexity index is 446. The zero-order valence-corrected chi connectivity index (χ0v) is 7.88. The Labute approximate surface area is 85.7 Å². The van der Waals surface area contributed by atoms with Gasteiger partial charge in [0.1, 0.15) is 5.76 Å². The maximum absolute atomic E-state index is 11.1. The zero-order chi connectivity index (χ0) is 10.7. The third-order valence-corrected chi connectivity index (χ3v) is 1.91. The van der Waals surface area contributed by atoms with Gasteiger partial charge in [0.05, 0.1) is 12.9 Å². The van der Waals surface area contributed by atoms with Gasteiger partial charge in [-0.25, -0.2) is 10.8 Å². The number of imidazole rings is 1. The summed E-state index contributed by atoms with van der Waals surface area (Å²) in [6.07, 6.45) is 5.16. The lowest BCUT2D eigenvalue weighted by molar-refractivity contribution is 0.0924. The van der Waals surface area contributed by atoms with Gasteiger partial charge in [-0.2, -0.15) is 0 Å². The Hall–Kier alpha value is -2.08. The van der Waals surface area contributed by atoms with E-state index in [1.807, 2.05) is 16.2 Å². The molecule has 1 amide bonds. The summed E-state index contributed by atoms with van der Waals surface area (Å²) in [5, 5.41) is 0. The number of nitrogens with one attached hydrogen (secondary N) is 1. The number of hydrogen-bond acceptors (Lipinski definition) is 4. The van der Waals surface area contributed by atoms with E-state index >= 15 is 0 Å². The van der Waals surface area contributed by atoms with E-state index in [2.05, 4.69) is 4.98 Å². The van der Waals surface area contributed by atoms with Gasteiger partial charge in [-0.15, -0.1) is 0 Å². The molecule has 2 heterocycles. The highest BCUT2D eigenvalue weighted by Gasteiger charge is 2.09. The maximum Gasteiger partial charge on any atom is 0.300 e. The van der Waals surface area contributed by atoms with Crippen LogP contribution in [0.3, 0.4) is 0 Å². The number of hydrogen-bond donors (Lipinski definition) is 2. The number of furan rings is 1. The molecule has 2 aromatic rings. The van der Waals surface area contributed by atoms with E-state index in [0.29, 0.717) is 12.3 Å². The van der Waals surface area contributed by atoms with E-state index in [1.54, 1.807) is 24.7 Å². The van der Waals surface area contributed by atoms with Gasteiger partial charge < -0.3 is 8.98 Å². The number of nitrogens with two attached hydrogens (primary N) is 1. The third-order valence-electron chi connectivity index (χ3n) is 1.91. The van der Waals surface area contributed by atoms with Gasteiger partial charge in [0.2, 0.25) is 0 Å². The Balaban J connectivity index is 2.11. The number of amides is 1. The molecule has 78 valence electrons. The first-order valence-electron chi connectivity index (χ1n) is 4.35. The number of aromatic nitrogens is 2. The molecule has 0 fully saturated rings. The lowest BCUT2D eigenvalue weighted by Crippen LogP contribution is -2.29. The molecule has 0 saturated heterocycles. The third kappa shape index (κ3) is 2.05. The molecule has 0 aliphatic heterocycles. The molecule has 3 N–H and O–H groups in total. The van der Waals surface area contributed by atoms with Crippen molar-refractivity contribution in [3.05, 3.63) is 42.4 Å². The lowest BCUT2D eigenvalue weighted by atomic mass is 10.4. The average Bonchev–Trinajstić information content (AvgIpc) is 2.88. The quantitative estimate of drug-likeness (QED) is 0.424. The highest BCUT2D eigenvalue weighted by molar-refractivity contribution is 5.90. The fourth-order valence-corrected chi connectivity index (χ4v) is 1.22. The molecule has 0 unspecified atom stereocenters. The fourth-order valence-electron chi connectivity index (χ4n) is 1.22. The van der Waals surface area contributed by atoms with Crippen molar-refractivity contribution in [1.82, 2.24) is 15.0 Å². The Morgan fingerprint density at radius 1 is 1.60 bits per heavy atom. The van der Waals surface area contributed by atoms with Gasteiger partial charge in [0.15, 0.2) is 5.76 Å². The van der Waals surface area contributed by atoms with E-state index in [4.69, 9.17) is 10.3 Å². The van der Waals surface area contributed by atoms with Crippen molar-refractivity contribution in [3.8, 4) is 0 Å². The van der Waals surface area contributed by atoms with Crippen LogP contribution in [0, 0.1) is 0 Å². The number of carbonyl (C=O) groups excluding carboxylic acids is 1. The number of nitrogens with zero attached hydrogens (tertiary/aromatic N) is 2. The van der Waals surface area contributed by atoms with Crippen LogP contribution in [0.4, 0.5) is 0 Å². The normalized spacial score (nSPS) is 10.2. The summed E-state index contributed by atoms with van der Waals surface area (Å²) in [5.74, 6) is 5.41. The molecule has 0 aliphatic carbocycles. The molecular weight excluding hydrogens is 196 g/mol. The molecule has 0 atom stereocenters. The predicted molar refractivity (Wildman–Crippen MR) is 51.7 cm³/mol. The first kappa shape index (κ1) is 9.47. The summed E-state index contributed by atoms with van der Waals surface area (Å²) in [6, 6.07) is 3.30. The van der Waals surface area contributed by atoms with Crippen LogP contribution in [0.5, 0.6) is 0 Å². The van der Waals surface area contributed by atoms with Crippen molar-refractivity contribution >= 4 is 5.91 Å². The van der Waals surface area contributed by atoms with Gasteiger partial charge >= 0.3 is 5.91 Å². The van der Waals surface area contributed by atoms with Gasteiger partial charge in [-0.3, -0.25) is 10.2 Å². The second-order valence-electron chi connectivity index (χ2n) is 2.97. The molecule has 2 aromatic heterocycles. The molecule has 0 radical (unpaired) electrons. The second-order valence-corrected chi connectivity index (χ2v) is 2.97. The van der Waals surface area contributed by atoms with Crippen molar-refractivity contribution < 1.29 is 9.21 Å². The van der Waals surface area contributed by atoms with Crippen LogP contribution in [0.25, 0.3) is 0 Å². The van der Waals surface area contributed by atoms with Crippen molar-refractivity contribution in [1.29, 1.82) is 0 Å². The van der Waals surface area contributed by atoms with E-state index in [0.717, 1.165) is 0 Å². The minimum Gasteiger partial charge on any atom is -0.454 e. The first-order valence-corrected chi connectivity index (χ1v) is 4.35. The van der Waals surface area contributed by atoms with Crippen molar-refractivity contribution in [2.24, 2.45) is 5.84 Å². The number of nitrogen functional groups attached to an aromatic ring is 1. The minimum absolute atomic E-state index is 0.201. The summed E-state index contributed by atoms with van der Waals surface area (Å²) in [4.78, 5) is 15.0. The summed E-state index contributed by atoms with van der Waals surface area (Å²) in [5.41, 5.74) is 2.00. The predicted octanol–water partition coefficient (Wildman–Crippen LogP) is 0.128. The number of hydrazine groups is 1. The van der Waals surface area contributed by atoms with E-state index in [-0.39, 0.29) is 5.76 Å². The van der Waals surface area contributed by atoms with Crippen LogP contribution in [-0.4, -0.2) is 15.5 Å². The molecule has 0 aliphatic rings. The topological polar surface area (TPSA) is 86.1 Å². The van der Waals surface area contributed by atoms with E-state index in [1.165, 1.54) is 0 Å². The monoisotopic (exact) mass is 206 g/mol. The van der Waals surface area contributed by atoms with E-state index < -0.39 is 5.91 Å². The molecule has 2 rings (SSSR count). The average molecular weight is 206 g/mol. The van der Waals surface area contributed by atoms with Gasteiger partial charge in [0.25, 0.3) is 0 Å². The zero-order valence-electron chi connectivity index (χ0n) is 7.88. The molecule has 0 aromatic carbocycles. The van der Waals surface area contributed by atoms with Gasteiger partial charge in [-0.1, -0.05) is 0 Å². The van der Waals surface area contributed by atoms with Crippen LogP contribution in [0.1, 0.15) is 16.3 Å². The van der Waals surface area contributed by atoms with Crippen LogP contribution >= 0.6 is 0 Å².